The topological polar surface area (TPSA) is 80.3 Å². The SMILES string of the molecule is CCCCCCCCCC(C(=O)[O-])C(=O)[O-].[Ca+2]. The monoisotopic (exact) mass is 268 g/mol. The van der Waals surface area contributed by atoms with Gasteiger partial charge in [0, 0.05) is 5.92 Å². The van der Waals surface area contributed by atoms with Gasteiger partial charge < -0.3 is 19.8 Å². The van der Waals surface area contributed by atoms with Crippen molar-refractivity contribution in [3.63, 3.8) is 0 Å². The average Bonchev–Trinajstić information content (AvgIpc) is 2.21. The molecule has 94 valence electrons. The Labute approximate surface area is 133 Å². The molecule has 0 aliphatic rings. The summed E-state index contributed by atoms with van der Waals surface area (Å²) < 4.78 is 0. The molecule has 0 aromatic rings. The van der Waals surface area contributed by atoms with Crippen molar-refractivity contribution in [3.8, 4) is 0 Å². The van der Waals surface area contributed by atoms with E-state index >= 15 is 0 Å². The van der Waals surface area contributed by atoms with Gasteiger partial charge in [-0.05, 0) is 6.42 Å². The van der Waals surface area contributed by atoms with Crippen LogP contribution in [0, 0.1) is 5.92 Å². The normalized spacial score (nSPS) is 10.0. The van der Waals surface area contributed by atoms with Gasteiger partial charge in [-0.25, -0.2) is 0 Å². The fourth-order valence-corrected chi connectivity index (χ4v) is 1.64. The summed E-state index contributed by atoms with van der Waals surface area (Å²) >= 11 is 0. The Hall–Kier alpha value is 0.200. The van der Waals surface area contributed by atoms with Crippen molar-refractivity contribution in [1.29, 1.82) is 0 Å². The average molecular weight is 268 g/mol. The molecule has 0 N–H and O–H groups in total. The van der Waals surface area contributed by atoms with Crippen molar-refractivity contribution < 1.29 is 19.8 Å². The predicted octanol–water partition coefficient (Wildman–Crippen LogP) is -0.138. The molecule has 0 heterocycles. The van der Waals surface area contributed by atoms with Gasteiger partial charge in [0.15, 0.2) is 0 Å². The minimum atomic E-state index is -1.54. The zero-order chi connectivity index (χ0) is 12.4. The summed E-state index contributed by atoms with van der Waals surface area (Å²) in [5.41, 5.74) is 0. The molecule has 0 saturated carbocycles. The van der Waals surface area contributed by atoms with Crippen molar-refractivity contribution in [2.45, 2.75) is 58.3 Å². The predicted molar refractivity (Wildman–Crippen MR) is 61.9 cm³/mol. The van der Waals surface area contributed by atoms with Crippen LogP contribution in [0.15, 0.2) is 0 Å². The summed E-state index contributed by atoms with van der Waals surface area (Å²) in [7, 11) is 0. The number of carbonyl (C=O) groups is 2. The third-order valence-corrected chi connectivity index (χ3v) is 2.67. The van der Waals surface area contributed by atoms with Crippen LogP contribution < -0.4 is 10.2 Å². The first-order chi connectivity index (χ1) is 7.59. The standard InChI is InChI=1S/C12H22O4.Ca/c1-2-3-4-5-6-7-8-9-10(11(13)14)12(15)16;/h10H,2-9H2,1H3,(H,13,14)(H,15,16);/q;+2/p-2. The summed E-state index contributed by atoms with van der Waals surface area (Å²) in [6.07, 6.45) is 7.39. The third-order valence-electron chi connectivity index (χ3n) is 2.67. The molecule has 0 spiro atoms. The second-order valence-electron chi connectivity index (χ2n) is 4.10. The number of hydrogen-bond donors (Lipinski definition) is 0. The van der Waals surface area contributed by atoms with E-state index < -0.39 is 17.9 Å². The Morgan fingerprint density at radius 1 is 0.882 bits per heavy atom. The summed E-state index contributed by atoms with van der Waals surface area (Å²) in [5.74, 6) is -4.52. The van der Waals surface area contributed by atoms with Crippen LogP contribution in [-0.2, 0) is 9.59 Å². The molecular formula is C12H20CaO4. The van der Waals surface area contributed by atoms with E-state index in [9.17, 15) is 19.8 Å². The van der Waals surface area contributed by atoms with Gasteiger partial charge in [-0.3, -0.25) is 0 Å². The Morgan fingerprint density at radius 3 is 1.71 bits per heavy atom. The first-order valence-electron chi connectivity index (χ1n) is 6.01. The Morgan fingerprint density at radius 2 is 1.29 bits per heavy atom. The number of carboxylic acids is 2. The Kier molecular flexibility index (Phi) is 14.5. The van der Waals surface area contributed by atoms with Crippen molar-refractivity contribution in [2.24, 2.45) is 5.92 Å². The van der Waals surface area contributed by atoms with Crippen LogP contribution in [0.4, 0.5) is 0 Å². The van der Waals surface area contributed by atoms with Crippen molar-refractivity contribution >= 4 is 49.7 Å². The molecule has 0 aromatic carbocycles. The van der Waals surface area contributed by atoms with Gasteiger partial charge >= 0.3 is 37.7 Å². The van der Waals surface area contributed by atoms with Gasteiger partial charge in [-0.1, -0.05) is 51.9 Å². The van der Waals surface area contributed by atoms with Crippen molar-refractivity contribution in [1.82, 2.24) is 0 Å². The first kappa shape index (κ1) is 19.5. The van der Waals surface area contributed by atoms with E-state index in [4.69, 9.17) is 0 Å². The third kappa shape index (κ3) is 11.0. The van der Waals surface area contributed by atoms with Crippen LogP contribution in [-0.4, -0.2) is 49.7 Å². The van der Waals surface area contributed by atoms with Gasteiger partial charge in [0.1, 0.15) is 0 Å². The van der Waals surface area contributed by atoms with E-state index in [0.717, 1.165) is 19.3 Å². The maximum atomic E-state index is 10.4. The van der Waals surface area contributed by atoms with Crippen LogP contribution in [0.5, 0.6) is 0 Å². The molecular weight excluding hydrogens is 248 g/mol. The zero-order valence-electron chi connectivity index (χ0n) is 10.6. The van der Waals surface area contributed by atoms with Gasteiger partial charge in [-0.15, -0.1) is 0 Å². The van der Waals surface area contributed by atoms with Crippen LogP contribution in [0.1, 0.15) is 58.3 Å². The number of hydrogen-bond acceptors (Lipinski definition) is 4. The quantitative estimate of drug-likeness (QED) is 0.314. The van der Waals surface area contributed by atoms with E-state index in [1.54, 1.807) is 0 Å². The maximum Gasteiger partial charge on any atom is 2.00 e. The fraction of sp³-hybridized carbons (Fsp3) is 0.833. The smallest absolute Gasteiger partial charge is 0.549 e. The minimum absolute atomic E-state index is 0. The molecule has 0 unspecified atom stereocenters. The summed E-state index contributed by atoms with van der Waals surface area (Å²) in [5, 5.41) is 20.8. The van der Waals surface area contributed by atoms with Crippen molar-refractivity contribution in [2.75, 3.05) is 0 Å². The van der Waals surface area contributed by atoms with Gasteiger partial charge in [-0.2, -0.15) is 0 Å². The second-order valence-corrected chi connectivity index (χ2v) is 4.10. The first-order valence-corrected chi connectivity index (χ1v) is 6.01. The molecule has 5 heteroatoms. The molecule has 0 atom stereocenters. The van der Waals surface area contributed by atoms with Gasteiger partial charge in [0.05, 0.1) is 11.9 Å². The maximum absolute atomic E-state index is 10.4. The molecule has 0 aromatic heterocycles. The number of rotatable bonds is 10. The van der Waals surface area contributed by atoms with E-state index in [2.05, 4.69) is 6.92 Å². The largest absolute Gasteiger partial charge is 2.00 e. The number of aliphatic carboxylic acids is 2. The zero-order valence-corrected chi connectivity index (χ0v) is 12.8. The fourth-order valence-electron chi connectivity index (χ4n) is 1.64. The molecule has 0 radical (unpaired) electrons. The van der Waals surface area contributed by atoms with Crippen molar-refractivity contribution in [3.05, 3.63) is 0 Å². The van der Waals surface area contributed by atoms with Crippen LogP contribution >= 0.6 is 0 Å². The molecule has 4 nitrogen and oxygen atoms in total. The minimum Gasteiger partial charge on any atom is -0.549 e. The van der Waals surface area contributed by atoms with Gasteiger partial charge in [0.2, 0.25) is 0 Å². The molecule has 0 aliphatic heterocycles. The summed E-state index contributed by atoms with van der Waals surface area (Å²) in [6, 6.07) is 0. The molecule has 0 fully saturated rings. The molecule has 17 heavy (non-hydrogen) atoms. The molecule has 0 aliphatic carbocycles. The molecule has 0 rings (SSSR count). The number of carboxylic acid groups (broad SMARTS) is 2. The second kappa shape index (κ2) is 12.7. The van der Waals surface area contributed by atoms with Gasteiger partial charge in [0.25, 0.3) is 0 Å². The van der Waals surface area contributed by atoms with E-state index in [0.29, 0.717) is 6.42 Å². The summed E-state index contributed by atoms with van der Waals surface area (Å²) in [4.78, 5) is 20.8. The van der Waals surface area contributed by atoms with Crippen LogP contribution in [0.2, 0.25) is 0 Å². The summed E-state index contributed by atoms with van der Waals surface area (Å²) in [6.45, 7) is 2.14. The molecule has 0 amide bonds. The van der Waals surface area contributed by atoms with Crippen LogP contribution in [0.25, 0.3) is 0 Å². The Balaban J connectivity index is 0. The van der Waals surface area contributed by atoms with E-state index in [-0.39, 0.29) is 44.2 Å². The van der Waals surface area contributed by atoms with Crippen LogP contribution in [0.3, 0.4) is 0 Å². The molecule has 0 saturated heterocycles. The van der Waals surface area contributed by atoms with E-state index in [1.807, 2.05) is 0 Å². The Bertz CT molecular complexity index is 205. The van der Waals surface area contributed by atoms with E-state index in [1.165, 1.54) is 19.3 Å². The number of unbranched alkanes of at least 4 members (excludes halogenated alkanes) is 6. The number of carbonyl (C=O) groups excluding carboxylic acids is 2. The molecule has 0 bridgehead atoms.